The number of hydrogen-bond acceptors (Lipinski definition) is 1. The number of aromatic nitrogens is 2. The van der Waals surface area contributed by atoms with Crippen molar-refractivity contribution in [1.29, 1.82) is 0 Å². The molecule has 0 fully saturated rings. The molecule has 1 heterocycles. The highest BCUT2D eigenvalue weighted by Crippen LogP contribution is 2.14. The molecule has 10 heavy (non-hydrogen) atoms. The Bertz CT molecular complexity index is 228. The maximum atomic E-state index is 12.8. The zero-order valence-corrected chi connectivity index (χ0v) is 6.43. The van der Waals surface area contributed by atoms with Crippen LogP contribution in [0.1, 0.15) is 25.5 Å². The minimum Gasteiger partial charge on any atom is -0.272 e. The molecule has 0 atom stereocenters. The lowest BCUT2D eigenvalue weighted by Crippen LogP contribution is -1.93. The third-order valence-electron chi connectivity index (χ3n) is 1.36. The molecule has 0 saturated carbocycles. The van der Waals surface area contributed by atoms with E-state index in [1.54, 1.807) is 7.05 Å². The Labute approximate surface area is 59.7 Å². The van der Waals surface area contributed by atoms with Gasteiger partial charge in [-0.3, -0.25) is 4.68 Å². The maximum Gasteiger partial charge on any atom is 0.164 e. The normalized spacial score (nSPS) is 10.9. The van der Waals surface area contributed by atoms with E-state index < -0.39 is 0 Å². The van der Waals surface area contributed by atoms with Crippen LogP contribution < -0.4 is 0 Å². The summed E-state index contributed by atoms with van der Waals surface area (Å²) in [7, 11) is 1.72. The van der Waals surface area contributed by atoms with E-state index in [1.807, 2.05) is 13.8 Å². The molecule has 3 heteroatoms. The summed E-state index contributed by atoms with van der Waals surface area (Å²) in [5.41, 5.74) is 0.544. The first-order chi connectivity index (χ1) is 4.61. The van der Waals surface area contributed by atoms with Gasteiger partial charge in [-0.25, -0.2) is 4.39 Å². The van der Waals surface area contributed by atoms with E-state index in [0.717, 1.165) is 0 Å². The largest absolute Gasteiger partial charge is 0.272 e. The average molecular weight is 142 g/mol. The molecule has 1 aromatic heterocycles. The van der Waals surface area contributed by atoms with Crippen molar-refractivity contribution in [3.8, 4) is 0 Å². The first-order valence-electron chi connectivity index (χ1n) is 3.30. The Morgan fingerprint density at radius 1 is 1.60 bits per heavy atom. The predicted molar refractivity (Wildman–Crippen MR) is 37.3 cm³/mol. The average Bonchev–Trinajstić information content (AvgIpc) is 2.10. The lowest BCUT2D eigenvalue weighted by Gasteiger charge is -1.96. The van der Waals surface area contributed by atoms with Crippen molar-refractivity contribution in [2.24, 2.45) is 7.05 Å². The Balaban J connectivity index is 3.03. The summed E-state index contributed by atoms with van der Waals surface area (Å²) in [6.45, 7) is 3.84. The van der Waals surface area contributed by atoms with Gasteiger partial charge < -0.3 is 0 Å². The second-order valence-electron chi connectivity index (χ2n) is 2.69. The summed E-state index contributed by atoms with van der Waals surface area (Å²) in [6, 6.07) is 0. The highest BCUT2D eigenvalue weighted by atomic mass is 19.1. The van der Waals surface area contributed by atoms with Gasteiger partial charge in [-0.15, -0.1) is 0 Å². The molecule has 0 spiro atoms. The number of nitrogens with zero attached hydrogens (tertiary/aromatic N) is 2. The number of aryl methyl sites for hydroxylation is 1. The van der Waals surface area contributed by atoms with Crippen LogP contribution >= 0.6 is 0 Å². The fraction of sp³-hybridized carbons (Fsp3) is 0.571. The number of hydrogen-bond donors (Lipinski definition) is 0. The van der Waals surface area contributed by atoms with Crippen LogP contribution in [-0.4, -0.2) is 9.78 Å². The summed E-state index contributed by atoms with van der Waals surface area (Å²) < 4.78 is 14.3. The van der Waals surface area contributed by atoms with E-state index >= 15 is 0 Å². The van der Waals surface area contributed by atoms with E-state index in [4.69, 9.17) is 0 Å². The molecular formula is C7H11FN2. The van der Waals surface area contributed by atoms with E-state index in [-0.39, 0.29) is 11.7 Å². The Morgan fingerprint density at radius 2 is 2.20 bits per heavy atom. The SMILES string of the molecule is CC(C)c1nn(C)cc1F. The molecule has 0 aliphatic carbocycles. The highest BCUT2D eigenvalue weighted by molar-refractivity contribution is 5.06. The molecule has 56 valence electrons. The minimum absolute atomic E-state index is 0.168. The molecule has 2 nitrogen and oxygen atoms in total. The van der Waals surface area contributed by atoms with Crippen LogP contribution in [0.15, 0.2) is 6.20 Å². The first kappa shape index (κ1) is 7.25. The Morgan fingerprint density at radius 3 is 2.40 bits per heavy atom. The molecule has 0 aliphatic rings. The molecule has 0 bridgehead atoms. The first-order valence-corrected chi connectivity index (χ1v) is 3.30. The molecule has 1 aromatic rings. The zero-order chi connectivity index (χ0) is 7.72. The predicted octanol–water partition coefficient (Wildman–Crippen LogP) is 1.68. The lowest BCUT2D eigenvalue weighted by molar-refractivity contribution is 0.597. The van der Waals surface area contributed by atoms with Gasteiger partial charge in [0.2, 0.25) is 0 Å². The van der Waals surface area contributed by atoms with Crippen molar-refractivity contribution in [2.75, 3.05) is 0 Å². The van der Waals surface area contributed by atoms with Crippen LogP contribution in [0.2, 0.25) is 0 Å². The molecular weight excluding hydrogens is 131 g/mol. The van der Waals surface area contributed by atoms with Crippen LogP contribution in [0.5, 0.6) is 0 Å². The maximum absolute atomic E-state index is 12.8. The van der Waals surface area contributed by atoms with Gasteiger partial charge in [0.25, 0.3) is 0 Å². The monoisotopic (exact) mass is 142 g/mol. The van der Waals surface area contributed by atoms with Crippen LogP contribution in [-0.2, 0) is 7.05 Å². The van der Waals surface area contributed by atoms with Crippen molar-refractivity contribution in [3.63, 3.8) is 0 Å². The Kier molecular flexibility index (Phi) is 1.74. The standard InChI is InChI=1S/C7H11FN2/c1-5(2)7-6(8)4-10(3)9-7/h4-5H,1-3H3. The molecule has 0 saturated heterocycles. The van der Waals surface area contributed by atoms with Crippen molar-refractivity contribution >= 4 is 0 Å². The summed E-state index contributed by atoms with van der Waals surface area (Å²) >= 11 is 0. The van der Waals surface area contributed by atoms with Gasteiger partial charge in [-0.05, 0) is 0 Å². The van der Waals surface area contributed by atoms with Gasteiger partial charge in [-0.2, -0.15) is 5.10 Å². The summed E-state index contributed by atoms with van der Waals surface area (Å²) in [6.07, 6.45) is 1.38. The second-order valence-corrected chi connectivity index (χ2v) is 2.69. The van der Waals surface area contributed by atoms with Gasteiger partial charge in [0, 0.05) is 13.0 Å². The van der Waals surface area contributed by atoms with Gasteiger partial charge >= 0.3 is 0 Å². The Hall–Kier alpha value is -0.860. The molecule has 0 aliphatic heterocycles. The number of rotatable bonds is 1. The van der Waals surface area contributed by atoms with Crippen molar-refractivity contribution in [3.05, 3.63) is 17.7 Å². The van der Waals surface area contributed by atoms with Gasteiger partial charge in [0.1, 0.15) is 5.69 Å². The van der Waals surface area contributed by atoms with E-state index in [9.17, 15) is 4.39 Å². The second kappa shape index (κ2) is 2.40. The highest BCUT2D eigenvalue weighted by Gasteiger charge is 2.09. The summed E-state index contributed by atoms with van der Waals surface area (Å²) in [5.74, 6) is -0.0429. The zero-order valence-electron chi connectivity index (χ0n) is 6.43. The van der Waals surface area contributed by atoms with Crippen LogP contribution in [0.25, 0.3) is 0 Å². The fourth-order valence-electron chi connectivity index (χ4n) is 0.868. The molecule has 0 aromatic carbocycles. The van der Waals surface area contributed by atoms with Crippen LogP contribution in [0.3, 0.4) is 0 Å². The fourth-order valence-corrected chi connectivity index (χ4v) is 0.868. The van der Waals surface area contributed by atoms with Crippen molar-refractivity contribution in [1.82, 2.24) is 9.78 Å². The van der Waals surface area contributed by atoms with E-state index in [2.05, 4.69) is 5.10 Å². The van der Waals surface area contributed by atoms with Crippen LogP contribution in [0, 0.1) is 5.82 Å². The summed E-state index contributed by atoms with van der Waals surface area (Å²) in [5, 5.41) is 3.95. The third-order valence-corrected chi connectivity index (χ3v) is 1.36. The van der Waals surface area contributed by atoms with E-state index in [1.165, 1.54) is 10.9 Å². The molecule has 1 rings (SSSR count). The minimum atomic E-state index is -0.211. The topological polar surface area (TPSA) is 17.8 Å². The van der Waals surface area contributed by atoms with E-state index in [0.29, 0.717) is 5.69 Å². The summed E-state index contributed by atoms with van der Waals surface area (Å²) in [4.78, 5) is 0. The molecule has 0 amide bonds. The number of halogens is 1. The molecule has 0 N–H and O–H groups in total. The lowest BCUT2D eigenvalue weighted by atomic mass is 10.1. The van der Waals surface area contributed by atoms with Gasteiger partial charge in [0.15, 0.2) is 5.82 Å². The third kappa shape index (κ3) is 1.17. The van der Waals surface area contributed by atoms with Crippen molar-refractivity contribution < 1.29 is 4.39 Å². The molecule has 0 radical (unpaired) electrons. The van der Waals surface area contributed by atoms with Crippen LogP contribution in [0.4, 0.5) is 4.39 Å². The smallest absolute Gasteiger partial charge is 0.164 e. The van der Waals surface area contributed by atoms with Gasteiger partial charge in [-0.1, -0.05) is 13.8 Å². The quantitative estimate of drug-likeness (QED) is 0.583. The van der Waals surface area contributed by atoms with Gasteiger partial charge in [0.05, 0.1) is 6.20 Å². The molecule has 0 unspecified atom stereocenters. The van der Waals surface area contributed by atoms with Crippen molar-refractivity contribution in [2.45, 2.75) is 19.8 Å².